The highest BCUT2D eigenvalue weighted by molar-refractivity contribution is 5.92. The van der Waals surface area contributed by atoms with E-state index in [1.165, 1.54) is 0 Å². The zero-order valence-electron chi connectivity index (χ0n) is 13.1. The molecule has 0 aliphatic carbocycles. The molecule has 0 bridgehead atoms. The minimum Gasteiger partial charge on any atom is -0.481 e. The largest absolute Gasteiger partial charge is 0.481 e. The van der Waals surface area contributed by atoms with Gasteiger partial charge in [-0.1, -0.05) is 25.1 Å². The summed E-state index contributed by atoms with van der Waals surface area (Å²) in [7, 11) is 0. The Morgan fingerprint density at radius 3 is 2.29 bits per heavy atom. The van der Waals surface area contributed by atoms with E-state index in [0.717, 1.165) is 5.69 Å². The summed E-state index contributed by atoms with van der Waals surface area (Å²) in [5.41, 5.74) is 0.459. The van der Waals surface area contributed by atoms with Crippen molar-refractivity contribution in [2.24, 2.45) is 5.92 Å². The number of rotatable bonds is 6. The summed E-state index contributed by atoms with van der Waals surface area (Å²) in [6.07, 6.45) is 0. The smallest absolute Gasteiger partial charge is 0.307 e. The topological polar surface area (TPSA) is 69.6 Å². The van der Waals surface area contributed by atoms with Crippen molar-refractivity contribution in [3.05, 3.63) is 30.3 Å². The van der Waals surface area contributed by atoms with Gasteiger partial charge in [-0.2, -0.15) is 0 Å². The van der Waals surface area contributed by atoms with Crippen molar-refractivity contribution in [1.82, 2.24) is 4.90 Å². The first kappa shape index (κ1) is 17.2. The third-order valence-corrected chi connectivity index (χ3v) is 3.26. The Morgan fingerprint density at radius 1 is 1.24 bits per heavy atom. The van der Waals surface area contributed by atoms with Crippen LogP contribution >= 0.6 is 0 Å². The van der Waals surface area contributed by atoms with Crippen LogP contribution in [-0.2, 0) is 9.59 Å². The Balaban J connectivity index is 2.68. The number of nitrogens with one attached hydrogen (secondary N) is 1. The van der Waals surface area contributed by atoms with Gasteiger partial charge in [0.05, 0.1) is 12.5 Å². The van der Waals surface area contributed by atoms with Gasteiger partial charge in [0, 0.05) is 17.8 Å². The molecule has 5 nitrogen and oxygen atoms in total. The number of anilines is 1. The molecule has 0 fully saturated rings. The van der Waals surface area contributed by atoms with Gasteiger partial charge in [-0.25, -0.2) is 0 Å². The van der Waals surface area contributed by atoms with Gasteiger partial charge < -0.3 is 10.4 Å². The van der Waals surface area contributed by atoms with E-state index in [-0.39, 0.29) is 18.0 Å². The van der Waals surface area contributed by atoms with E-state index in [1.807, 2.05) is 56.0 Å². The minimum absolute atomic E-state index is 0.145. The number of amides is 1. The molecular formula is C16H24N2O3. The molecule has 0 aliphatic rings. The van der Waals surface area contributed by atoms with Crippen LogP contribution in [0.25, 0.3) is 0 Å². The molecule has 2 N–H and O–H groups in total. The lowest BCUT2D eigenvalue weighted by molar-refractivity contribution is -0.142. The second kappa shape index (κ2) is 7.22. The highest BCUT2D eigenvalue weighted by Crippen LogP contribution is 2.16. The van der Waals surface area contributed by atoms with E-state index < -0.39 is 11.9 Å². The molecule has 0 aliphatic heterocycles. The van der Waals surface area contributed by atoms with Crippen molar-refractivity contribution in [2.75, 3.05) is 18.4 Å². The number of benzene rings is 1. The Labute approximate surface area is 126 Å². The second-order valence-corrected chi connectivity index (χ2v) is 6.20. The van der Waals surface area contributed by atoms with Crippen molar-refractivity contribution in [3.63, 3.8) is 0 Å². The van der Waals surface area contributed by atoms with Crippen molar-refractivity contribution >= 4 is 17.6 Å². The lowest BCUT2D eigenvalue weighted by atomic mass is 10.0. The first-order valence-corrected chi connectivity index (χ1v) is 7.03. The summed E-state index contributed by atoms with van der Waals surface area (Å²) in [5, 5.41) is 11.9. The Morgan fingerprint density at radius 2 is 1.81 bits per heavy atom. The van der Waals surface area contributed by atoms with Crippen LogP contribution < -0.4 is 5.32 Å². The van der Waals surface area contributed by atoms with Gasteiger partial charge in [-0.3, -0.25) is 14.5 Å². The number of carbonyl (C=O) groups is 2. The maximum atomic E-state index is 12.1. The second-order valence-electron chi connectivity index (χ2n) is 6.20. The SMILES string of the molecule is CC(CN(CC(=O)Nc1ccccc1)C(C)(C)C)C(=O)O. The van der Waals surface area contributed by atoms with E-state index in [0.29, 0.717) is 6.54 Å². The average molecular weight is 292 g/mol. The first-order chi connectivity index (χ1) is 9.70. The monoisotopic (exact) mass is 292 g/mol. The number of nitrogens with zero attached hydrogens (tertiary/aromatic N) is 1. The van der Waals surface area contributed by atoms with Crippen molar-refractivity contribution in [1.29, 1.82) is 0 Å². The molecule has 0 heterocycles. The Kier molecular flexibility index (Phi) is 5.90. The number of carboxylic acids is 1. The summed E-state index contributed by atoms with van der Waals surface area (Å²) in [6, 6.07) is 9.22. The van der Waals surface area contributed by atoms with Gasteiger partial charge in [0.2, 0.25) is 5.91 Å². The van der Waals surface area contributed by atoms with Crippen molar-refractivity contribution in [3.8, 4) is 0 Å². The number of hydrogen-bond acceptors (Lipinski definition) is 3. The molecule has 1 unspecified atom stereocenters. The standard InChI is InChI=1S/C16H24N2O3/c1-12(15(20)21)10-18(16(2,3)4)11-14(19)17-13-8-6-5-7-9-13/h5-9,12H,10-11H2,1-4H3,(H,17,19)(H,20,21). The van der Waals surface area contributed by atoms with E-state index in [1.54, 1.807) is 6.92 Å². The summed E-state index contributed by atoms with van der Waals surface area (Å²) in [4.78, 5) is 25.0. The van der Waals surface area contributed by atoms with Crippen LogP contribution in [0.5, 0.6) is 0 Å². The predicted octanol–water partition coefficient (Wildman–Crippen LogP) is 2.45. The van der Waals surface area contributed by atoms with Crippen molar-refractivity contribution in [2.45, 2.75) is 33.2 Å². The quantitative estimate of drug-likeness (QED) is 0.845. The lowest BCUT2D eigenvalue weighted by Gasteiger charge is -2.36. The van der Waals surface area contributed by atoms with Crippen LogP contribution in [0.1, 0.15) is 27.7 Å². The average Bonchev–Trinajstić information content (AvgIpc) is 2.37. The maximum Gasteiger partial charge on any atom is 0.307 e. The molecule has 0 radical (unpaired) electrons. The van der Waals surface area contributed by atoms with E-state index in [9.17, 15) is 9.59 Å². The van der Waals surface area contributed by atoms with Crippen LogP contribution in [0.3, 0.4) is 0 Å². The van der Waals surface area contributed by atoms with Gasteiger partial charge in [-0.15, -0.1) is 0 Å². The highest BCUT2D eigenvalue weighted by Gasteiger charge is 2.27. The highest BCUT2D eigenvalue weighted by atomic mass is 16.4. The molecule has 1 rings (SSSR count). The van der Waals surface area contributed by atoms with Crippen molar-refractivity contribution < 1.29 is 14.7 Å². The fourth-order valence-electron chi connectivity index (χ4n) is 1.88. The van der Waals surface area contributed by atoms with Gasteiger partial charge in [-0.05, 0) is 32.9 Å². The molecule has 0 aromatic heterocycles. The van der Waals surface area contributed by atoms with E-state index >= 15 is 0 Å². The molecule has 0 saturated heterocycles. The molecule has 1 aromatic carbocycles. The van der Waals surface area contributed by atoms with Crippen LogP contribution in [0, 0.1) is 5.92 Å². The van der Waals surface area contributed by atoms with Crippen LogP contribution in [-0.4, -0.2) is 40.5 Å². The molecule has 1 aromatic rings. The predicted molar refractivity (Wildman–Crippen MR) is 83.2 cm³/mol. The first-order valence-electron chi connectivity index (χ1n) is 7.03. The fourth-order valence-corrected chi connectivity index (χ4v) is 1.88. The van der Waals surface area contributed by atoms with Gasteiger partial charge in [0.15, 0.2) is 0 Å². The summed E-state index contributed by atoms with van der Waals surface area (Å²) in [6.45, 7) is 8.05. The molecule has 1 amide bonds. The number of hydrogen-bond donors (Lipinski definition) is 2. The molecular weight excluding hydrogens is 268 g/mol. The summed E-state index contributed by atoms with van der Waals surface area (Å²) < 4.78 is 0. The summed E-state index contributed by atoms with van der Waals surface area (Å²) in [5.74, 6) is -1.52. The molecule has 0 spiro atoms. The van der Waals surface area contributed by atoms with Crippen LogP contribution in [0.2, 0.25) is 0 Å². The number of carboxylic acid groups (broad SMARTS) is 1. The molecule has 1 atom stereocenters. The van der Waals surface area contributed by atoms with Crippen LogP contribution in [0.15, 0.2) is 30.3 Å². The zero-order valence-corrected chi connectivity index (χ0v) is 13.1. The molecule has 0 saturated carbocycles. The molecule has 116 valence electrons. The molecule has 21 heavy (non-hydrogen) atoms. The summed E-state index contributed by atoms with van der Waals surface area (Å²) >= 11 is 0. The van der Waals surface area contributed by atoms with Gasteiger partial charge >= 0.3 is 5.97 Å². The number of carbonyl (C=O) groups excluding carboxylic acids is 1. The zero-order chi connectivity index (χ0) is 16.0. The van der Waals surface area contributed by atoms with E-state index in [2.05, 4.69) is 5.32 Å². The lowest BCUT2D eigenvalue weighted by Crippen LogP contribution is -2.48. The fraction of sp³-hybridized carbons (Fsp3) is 0.500. The number of aliphatic carboxylic acids is 1. The van der Waals surface area contributed by atoms with Gasteiger partial charge in [0.1, 0.15) is 0 Å². The molecule has 5 heteroatoms. The Hall–Kier alpha value is -1.88. The van der Waals surface area contributed by atoms with E-state index in [4.69, 9.17) is 5.11 Å². The normalized spacial score (nSPS) is 13.0. The number of para-hydroxylation sites is 1. The van der Waals surface area contributed by atoms with Gasteiger partial charge in [0.25, 0.3) is 0 Å². The Bertz CT molecular complexity index is 480. The maximum absolute atomic E-state index is 12.1. The third-order valence-electron chi connectivity index (χ3n) is 3.26. The minimum atomic E-state index is -0.854. The third kappa shape index (κ3) is 5.95. The van der Waals surface area contributed by atoms with Crippen LogP contribution in [0.4, 0.5) is 5.69 Å².